The minimum atomic E-state index is -1.59. The normalized spacial score (nSPS) is 12.3. The van der Waals surface area contributed by atoms with E-state index < -0.39 is 54.1 Å². The molecule has 0 aliphatic heterocycles. The number of benzene rings is 2. The molecule has 12 nitrogen and oxygen atoms in total. The Labute approximate surface area is 255 Å². The van der Waals surface area contributed by atoms with E-state index in [1.807, 2.05) is 0 Å². The maximum absolute atomic E-state index is 13.0. The SMILES string of the molecule is CC(C)(C)OC(=O)N[C@H](CCCCNC(=O)OCc1ccccc1Cl)C(=O)N[C@@H](CC(=O)OCc1ccccc1)C(=O)O. The van der Waals surface area contributed by atoms with Crippen molar-refractivity contribution in [1.29, 1.82) is 0 Å². The first-order valence-corrected chi connectivity index (χ1v) is 14.1. The molecule has 234 valence electrons. The molecule has 2 rings (SSSR count). The summed E-state index contributed by atoms with van der Waals surface area (Å²) in [4.78, 5) is 61.5. The molecule has 13 heteroatoms. The molecule has 4 N–H and O–H groups in total. The van der Waals surface area contributed by atoms with Crippen molar-refractivity contribution in [1.82, 2.24) is 16.0 Å². The summed E-state index contributed by atoms with van der Waals surface area (Å²) >= 11 is 6.05. The van der Waals surface area contributed by atoms with Gasteiger partial charge in [0.05, 0.1) is 6.42 Å². The van der Waals surface area contributed by atoms with E-state index in [-0.39, 0.29) is 26.2 Å². The average Bonchev–Trinajstić information content (AvgIpc) is 2.94. The fraction of sp³-hybridized carbons (Fsp3) is 0.433. The van der Waals surface area contributed by atoms with Gasteiger partial charge in [0.15, 0.2) is 0 Å². The van der Waals surface area contributed by atoms with E-state index in [1.54, 1.807) is 75.4 Å². The van der Waals surface area contributed by atoms with Gasteiger partial charge in [-0.05, 0) is 51.7 Å². The first-order chi connectivity index (χ1) is 20.3. The Balaban J connectivity index is 1.89. The van der Waals surface area contributed by atoms with Crippen LogP contribution in [0.25, 0.3) is 0 Å². The maximum atomic E-state index is 13.0. The van der Waals surface area contributed by atoms with Crippen molar-refractivity contribution in [2.75, 3.05) is 6.54 Å². The van der Waals surface area contributed by atoms with E-state index in [4.69, 9.17) is 25.8 Å². The van der Waals surface area contributed by atoms with Gasteiger partial charge in [0.25, 0.3) is 0 Å². The predicted octanol–water partition coefficient (Wildman–Crippen LogP) is 4.33. The van der Waals surface area contributed by atoms with E-state index in [0.29, 0.717) is 23.4 Å². The van der Waals surface area contributed by atoms with Crippen molar-refractivity contribution in [2.24, 2.45) is 0 Å². The maximum Gasteiger partial charge on any atom is 0.408 e. The lowest BCUT2D eigenvalue weighted by atomic mass is 10.1. The number of nitrogens with one attached hydrogen (secondary N) is 3. The number of carbonyl (C=O) groups is 5. The van der Waals surface area contributed by atoms with Crippen LogP contribution >= 0.6 is 11.6 Å². The number of hydrogen-bond donors (Lipinski definition) is 4. The summed E-state index contributed by atoms with van der Waals surface area (Å²) in [6, 6.07) is 13.0. The number of unbranched alkanes of at least 4 members (excludes halogenated alkanes) is 1. The van der Waals surface area contributed by atoms with E-state index in [1.165, 1.54) is 0 Å². The average molecular weight is 620 g/mol. The molecule has 43 heavy (non-hydrogen) atoms. The monoisotopic (exact) mass is 619 g/mol. The summed E-state index contributed by atoms with van der Waals surface area (Å²) in [7, 11) is 0. The van der Waals surface area contributed by atoms with Crippen molar-refractivity contribution in [2.45, 2.75) is 77.4 Å². The molecular formula is C30H38ClN3O9. The van der Waals surface area contributed by atoms with Crippen LogP contribution in [-0.2, 0) is 41.8 Å². The van der Waals surface area contributed by atoms with Crippen LogP contribution in [0.4, 0.5) is 9.59 Å². The zero-order valence-corrected chi connectivity index (χ0v) is 25.1. The Morgan fingerprint density at radius 3 is 2.16 bits per heavy atom. The van der Waals surface area contributed by atoms with Crippen molar-refractivity contribution in [3.63, 3.8) is 0 Å². The van der Waals surface area contributed by atoms with Gasteiger partial charge in [-0.2, -0.15) is 0 Å². The van der Waals surface area contributed by atoms with Gasteiger partial charge < -0.3 is 35.3 Å². The van der Waals surface area contributed by atoms with Gasteiger partial charge in [0.2, 0.25) is 5.91 Å². The summed E-state index contributed by atoms with van der Waals surface area (Å²) < 4.78 is 15.5. The quantitative estimate of drug-likeness (QED) is 0.129. The molecule has 0 heterocycles. The number of alkyl carbamates (subject to hydrolysis) is 2. The number of carbonyl (C=O) groups excluding carboxylic acids is 4. The third-order valence-corrected chi connectivity index (χ3v) is 6.11. The molecule has 0 unspecified atom stereocenters. The Hall–Kier alpha value is -4.32. The Bertz CT molecular complexity index is 1230. The molecule has 0 bridgehead atoms. The van der Waals surface area contributed by atoms with Crippen LogP contribution in [0.15, 0.2) is 54.6 Å². The summed E-state index contributed by atoms with van der Waals surface area (Å²) in [5.74, 6) is -3.08. The highest BCUT2D eigenvalue weighted by Crippen LogP contribution is 2.15. The molecule has 0 saturated heterocycles. The van der Waals surface area contributed by atoms with Crippen LogP contribution < -0.4 is 16.0 Å². The second-order valence-corrected chi connectivity index (χ2v) is 10.9. The van der Waals surface area contributed by atoms with Crippen molar-refractivity contribution < 1.29 is 43.3 Å². The van der Waals surface area contributed by atoms with Gasteiger partial charge in [-0.3, -0.25) is 9.59 Å². The van der Waals surface area contributed by atoms with Crippen LogP contribution in [0.3, 0.4) is 0 Å². The summed E-state index contributed by atoms with van der Waals surface area (Å²) in [5.41, 5.74) is 0.535. The van der Waals surface area contributed by atoms with E-state index in [9.17, 15) is 29.1 Å². The number of carboxylic acids is 1. The van der Waals surface area contributed by atoms with Crippen LogP contribution in [0, 0.1) is 0 Å². The number of rotatable bonds is 15. The third kappa shape index (κ3) is 14.4. The molecular weight excluding hydrogens is 582 g/mol. The molecule has 2 aromatic rings. The molecule has 2 atom stereocenters. The predicted molar refractivity (Wildman–Crippen MR) is 157 cm³/mol. The van der Waals surface area contributed by atoms with Gasteiger partial charge >= 0.3 is 24.1 Å². The second-order valence-electron chi connectivity index (χ2n) is 10.5. The van der Waals surface area contributed by atoms with Crippen molar-refractivity contribution >= 4 is 41.6 Å². The Morgan fingerprint density at radius 2 is 1.51 bits per heavy atom. The molecule has 0 saturated carbocycles. The first-order valence-electron chi connectivity index (χ1n) is 13.7. The number of esters is 1. The summed E-state index contributed by atoms with van der Waals surface area (Å²) in [6.45, 7) is 5.12. The van der Waals surface area contributed by atoms with Crippen molar-refractivity contribution in [3.8, 4) is 0 Å². The van der Waals surface area contributed by atoms with Crippen LogP contribution in [0.2, 0.25) is 5.02 Å². The van der Waals surface area contributed by atoms with Crippen LogP contribution in [0.1, 0.15) is 57.6 Å². The number of carboxylic acid groups (broad SMARTS) is 1. The fourth-order valence-electron chi connectivity index (χ4n) is 3.63. The van der Waals surface area contributed by atoms with E-state index in [2.05, 4.69) is 16.0 Å². The molecule has 0 aromatic heterocycles. The first kappa shape index (κ1) is 34.9. The fourth-order valence-corrected chi connectivity index (χ4v) is 3.82. The lowest BCUT2D eigenvalue weighted by Crippen LogP contribution is -2.52. The number of halogens is 1. The molecule has 0 aliphatic carbocycles. The lowest BCUT2D eigenvalue weighted by molar-refractivity contribution is -0.151. The lowest BCUT2D eigenvalue weighted by Gasteiger charge is -2.24. The third-order valence-electron chi connectivity index (χ3n) is 5.74. The highest BCUT2D eigenvalue weighted by Gasteiger charge is 2.30. The van der Waals surface area contributed by atoms with Gasteiger partial charge in [-0.1, -0.05) is 60.1 Å². The van der Waals surface area contributed by atoms with Gasteiger partial charge in [0, 0.05) is 17.1 Å². The topological polar surface area (TPSA) is 169 Å². The number of aliphatic carboxylic acids is 1. The highest BCUT2D eigenvalue weighted by atomic mass is 35.5. The Kier molecular flexibility index (Phi) is 14.3. The smallest absolute Gasteiger partial charge is 0.408 e. The summed E-state index contributed by atoms with van der Waals surface area (Å²) in [5, 5.41) is 17.4. The molecule has 0 spiro atoms. The number of ether oxygens (including phenoxy) is 3. The van der Waals surface area contributed by atoms with Gasteiger partial charge in [-0.25, -0.2) is 14.4 Å². The van der Waals surface area contributed by atoms with Crippen LogP contribution in [0.5, 0.6) is 0 Å². The highest BCUT2D eigenvalue weighted by molar-refractivity contribution is 6.31. The molecule has 0 radical (unpaired) electrons. The Morgan fingerprint density at radius 1 is 0.837 bits per heavy atom. The number of amides is 3. The largest absolute Gasteiger partial charge is 0.480 e. The zero-order valence-electron chi connectivity index (χ0n) is 24.4. The summed E-state index contributed by atoms with van der Waals surface area (Å²) in [6.07, 6.45) is -1.28. The van der Waals surface area contributed by atoms with Crippen molar-refractivity contribution in [3.05, 3.63) is 70.7 Å². The van der Waals surface area contributed by atoms with Gasteiger partial charge in [-0.15, -0.1) is 0 Å². The molecule has 0 fully saturated rings. The molecule has 0 aliphatic rings. The number of hydrogen-bond acceptors (Lipinski definition) is 8. The zero-order chi connectivity index (χ0) is 31.8. The van der Waals surface area contributed by atoms with E-state index >= 15 is 0 Å². The standard InChI is InChI=1S/C30H38ClN3O9/c1-30(2,3)43-29(40)34-23(15-9-10-16-32-28(39)42-19-21-13-7-8-14-22(21)31)26(36)33-24(27(37)38)17-25(35)41-18-20-11-5-4-6-12-20/h4-8,11-14,23-24H,9-10,15-19H2,1-3H3,(H,32,39)(H,33,36)(H,34,40)(H,37,38)/t23-,24+/m1/s1. The molecule has 3 amide bonds. The van der Waals surface area contributed by atoms with Crippen LogP contribution in [-0.4, -0.2) is 59.4 Å². The minimum Gasteiger partial charge on any atom is -0.480 e. The van der Waals surface area contributed by atoms with E-state index in [0.717, 1.165) is 5.56 Å². The minimum absolute atomic E-state index is 0.00188. The molecule has 2 aromatic carbocycles. The second kappa shape index (κ2) is 17.6. The van der Waals surface area contributed by atoms with Gasteiger partial charge in [0.1, 0.15) is 30.9 Å².